The van der Waals surface area contributed by atoms with Crippen LogP contribution in [0.15, 0.2) is 30.6 Å². The van der Waals surface area contributed by atoms with E-state index in [9.17, 15) is 8.78 Å². The van der Waals surface area contributed by atoms with Crippen molar-refractivity contribution in [3.8, 4) is 0 Å². The summed E-state index contributed by atoms with van der Waals surface area (Å²) < 4.78 is 29.2. The minimum atomic E-state index is -0.803. The Bertz CT molecular complexity index is 566. The van der Waals surface area contributed by atoms with Crippen LogP contribution in [-0.4, -0.2) is 16.1 Å². The minimum absolute atomic E-state index is 0.215. The zero-order chi connectivity index (χ0) is 14.5. The molecule has 1 aromatic carbocycles. The van der Waals surface area contributed by atoms with Crippen molar-refractivity contribution in [2.75, 3.05) is 6.54 Å². The smallest absolute Gasteiger partial charge is 0.163 e. The molecule has 20 heavy (non-hydrogen) atoms. The number of nitrogens with zero attached hydrogens (tertiary/aromatic N) is 2. The van der Waals surface area contributed by atoms with Gasteiger partial charge in [-0.15, -0.1) is 0 Å². The highest BCUT2D eigenvalue weighted by Gasteiger charge is 2.18. The van der Waals surface area contributed by atoms with E-state index < -0.39 is 11.6 Å². The zero-order valence-corrected chi connectivity index (χ0v) is 11.7. The lowest BCUT2D eigenvalue weighted by atomic mass is 10.0. The van der Waals surface area contributed by atoms with Crippen molar-refractivity contribution < 1.29 is 8.78 Å². The summed E-state index contributed by atoms with van der Waals surface area (Å²) in [6, 6.07) is 4.09. The van der Waals surface area contributed by atoms with E-state index in [1.807, 2.05) is 24.7 Å². The molecule has 1 aromatic heterocycles. The number of hydrogen-bond donors (Lipinski definition) is 1. The van der Waals surface area contributed by atoms with E-state index in [1.54, 1.807) is 18.3 Å². The lowest BCUT2D eigenvalue weighted by Gasteiger charge is -2.19. The number of aryl methyl sites for hydroxylation is 2. The van der Waals surface area contributed by atoms with Crippen molar-refractivity contribution in [1.82, 2.24) is 14.9 Å². The van der Waals surface area contributed by atoms with Gasteiger partial charge in [-0.2, -0.15) is 0 Å². The van der Waals surface area contributed by atoms with Crippen molar-refractivity contribution in [3.63, 3.8) is 0 Å². The Kier molecular flexibility index (Phi) is 4.84. The first kappa shape index (κ1) is 14.7. The predicted octanol–water partition coefficient (Wildman–Crippen LogP) is 2.98. The monoisotopic (exact) mass is 279 g/mol. The van der Waals surface area contributed by atoms with Gasteiger partial charge in [0, 0.05) is 37.5 Å². The van der Waals surface area contributed by atoms with Crippen LogP contribution >= 0.6 is 0 Å². The summed E-state index contributed by atoms with van der Waals surface area (Å²) in [6.07, 6.45) is 4.98. The van der Waals surface area contributed by atoms with Gasteiger partial charge in [0.2, 0.25) is 0 Å². The number of benzene rings is 1. The first-order valence-electron chi connectivity index (χ1n) is 6.77. The van der Waals surface area contributed by atoms with E-state index in [2.05, 4.69) is 10.3 Å². The molecular formula is C15H19F2N3. The second kappa shape index (κ2) is 6.61. The summed E-state index contributed by atoms with van der Waals surface area (Å²) >= 11 is 0. The number of hydrogen-bond acceptors (Lipinski definition) is 2. The molecular weight excluding hydrogens is 260 g/mol. The summed E-state index contributed by atoms with van der Waals surface area (Å²) in [7, 11) is 1.92. The standard InChI is InChI=1S/C15H19F2N3/c1-3-18-13(7-8-14-19-9-10-20(14)2)11-5-4-6-12(16)15(11)17/h4-6,9-10,13,18H,3,7-8H2,1-2H3. The van der Waals surface area contributed by atoms with Gasteiger partial charge in [-0.1, -0.05) is 19.1 Å². The zero-order valence-electron chi connectivity index (χ0n) is 11.7. The largest absolute Gasteiger partial charge is 0.338 e. The molecule has 0 aliphatic carbocycles. The van der Waals surface area contributed by atoms with Gasteiger partial charge in [0.25, 0.3) is 0 Å². The van der Waals surface area contributed by atoms with Crippen LogP contribution in [0.1, 0.15) is 30.8 Å². The van der Waals surface area contributed by atoms with Crippen LogP contribution in [-0.2, 0) is 13.5 Å². The summed E-state index contributed by atoms with van der Waals surface area (Å²) in [4.78, 5) is 4.25. The van der Waals surface area contributed by atoms with E-state index in [4.69, 9.17) is 0 Å². The Morgan fingerprint density at radius 1 is 1.35 bits per heavy atom. The van der Waals surface area contributed by atoms with Crippen LogP contribution in [0.4, 0.5) is 8.78 Å². The summed E-state index contributed by atoms with van der Waals surface area (Å²) in [5.74, 6) is -0.634. The summed E-state index contributed by atoms with van der Waals surface area (Å²) in [5, 5.41) is 3.21. The Morgan fingerprint density at radius 2 is 2.15 bits per heavy atom. The summed E-state index contributed by atoms with van der Waals surface area (Å²) in [6.45, 7) is 2.64. The Morgan fingerprint density at radius 3 is 2.80 bits per heavy atom. The molecule has 0 aliphatic rings. The van der Waals surface area contributed by atoms with Crippen molar-refractivity contribution in [3.05, 3.63) is 53.6 Å². The molecule has 1 unspecified atom stereocenters. The van der Waals surface area contributed by atoms with Crippen LogP contribution in [0.25, 0.3) is 0 Å². The van der Waals surface area contributed by atoms with Gasteiger partial charge < -0.3 is 9.88 Å². The molecule has 0 radical (unpaired) electrons. The van der Waals surface area contributed by atoms with E-state index in [0.717, 1.165) is 11.9 Å². The molecule has 0 bridgehead atoms. The first-order chi connectivity index (χ1) is 9.63. The topological polar surface area (TPSA) is 29.9 Å². The molecule has 0 fully saturated rings. The average molecular weight is 279 g/mol. The quantitative estimate of drug-likeness (QED) is 0.881. The third-order valence-electron chi connectivity index (χ3n) is 3.38. The van der Waals surface area contributed by atoms with Crippen molar-refractivity contribution in [2.45, 2.75) is 25.8 Å². The normalized spacial score (nSPS) is 12.6. The Balaban J connectivity index is 2.14. The fraction of sp³-hybridized carbons (Fsp3) is 0.400. The van der Waals surface area contributed by atoms with Crippen LogP contribution in [0, 0.1) is 11.6 Å². The lowest BCUT2D eigenvalue weighted by molar-refractivity contribution is 0.449. The highest BCUT2D eigenvalue weighted by Crippen LogP contribution is 2.23. The van der Waals surface area contributed by atoms with Crippen LogP contribution in [0.3, 0.4) is 0 Å². The molecule has 0 spiro atoms. The molecule has 0 aliphatic heterocycles. The predicted molar refractivity (Wildman–Crippen MR) is 74.3 cm³/mol. The van der Waals surface area contributed by atoms with E-state index in [1.165, 1.54) is 0 Å². The van der Waals surface area contributed by atoms with Gasteiger partial charge in [-0.3, -0.25) is 0 Å². The van der Waals surface area contributed by atoms with Crippen molar-refractivity contribution in [2.24, 2.45) is 7.05 Å². The number of imidazole rings is 1. The van der Waals surface area contributed by atoms with Gasteiger partial charge >= 0.3 is 0 Å². The lowest BCUT2D eigenvalue weighted by Crippen LogP contribution is -2.23. The minimum Gasteiger partial charge on any atom is -0.338 e. The molecule has 1 atom stereocenters. The number of halogens is 2. The fourth-order valence-corrected chi connectivity index (χ4v) is 2.31. The molecule has 3 nitrogen and oxygen atoms in total. The van der Waals surface area contributed by atoms with Crippen LogP contribution < -0.4 is 5.32 Å². The van der Waals surface area contributed by atoms with Gasteiger partial charge in [0.1, 0.15) is 5.82 Å². The van der Waals surface area contributed by atoms with Gasteiger partial charge in [0.05, 0.1) is 0 Å². The number of rotatable bonds is 6. The first-order valence-corrected chi connectivity index (χ1v) is 6.77. The highest BCUT2D eigenvalue weighted by molar-refractivity contribution is 5.22. The molecule has 2 aromatic rings. The molecule has 108 valence electrons. The van der Waals surface area contributed by atoms with Crippen molar-refractivity contribution >= 4 is 0 Å². The second-order valence-corrected chi connectivity index (χ2v) is 4.75. The van der Waals surface area contributed by atoms with E-state index in [-0.39, 0.29) is 6.04 Å². The maximum absolute atomic E-state index is 13.9. The van der Waals surface area contributed by atoms with Gasteiger partial charge in [-0.25, -0.2) is 13.8 Å². The van der Waals surface area contributed by atoms with E-state index >= 15 is 0 Å². The van der Waals surface area contributed by atoms with Crippen LogP contribution in [0.5, 0.6) is 0 Å². The molecule has 0 saturated carbocycles. The average Bonchev–Trinajstić information content (AvgIpc) is 2.84. The van der Waals surface area contributed by atoms with Crippen molar-refractivity contribution in [1.29, 1.82) is 0 Å². The maximum atomic E-state index is 13.9. The number of aromatic nitrogens is 2. The maximum Gasteiger partial charge on any atom is 0.163 e. The van der Waals surface area contributed by atoms with Gasteiger partial charge in [0.15, 0.2) is 11.6 Å². The molecule has 0 saturated heterocycles. The molecule has 1 N–H and O–H groups in total. The summed E-state index contributed by atoms with van der Waals surface area (Å²) in [5.41, 5.74) is 0.376. The second-order valence-electron chi connectivity index (χ2n) is 4.75. The molecule has 0 amide bonds. The third-order valence-corrected chi connectivity index (χ3v) is 3.38. The highest BCUT2D eigenvalue weighted by atomic mass is 19.2. The molecule has 2 rings (SSSR count). The fourth-order valence-electron chi connectivity index (χ4n) is 2.31. The third kappa shape index (κ3) is 3.22. The Labute approximate surface area is 117 Å². The SMILES string of the molecule is CCNC(CCc1nccn1C)c1cccc(F)c1F. The van der Waals surface area contributed by atoms with Crippen LogP contribution in [0.2, 0.25) is 0 Å². The molecule has 5 heteroatoms. The molecule has 1 heterocycles. The van der Waals surface area contributed by atoms with E-state index in [0.29, 0.717) is 24.9 Å². The Hall–Kier alpha value is -1.75. The number of nitrogens with one attached hydrogen (secondary N) is 1. The van der Waals surface area contributed by atoms with Gasteiger partial charge in [-0.05, 0) is 19.0 Å².